The molecule has 0 atom stereocenters. The third kappa shape index (κ3) is 4.97. The first-order chi connectivity index (χ1) is 11.4. The van der Waals surface area contributed by atoms with Gasteiger partial charge in [-0.3, -0.25) is 9.59 Å². The van der Waals surface area contributed by atoms with Crippen molar-refractivity contribution in [3.8, 4) is 5.75 Å². The summed E-state index contributed by atoms with van der Waals surface area (Å²) in [4.78, 5) is 25.2. The Morgan fingerprint density at radius 1 is 1.08 bits per heavy atom. The number of esters is 2. The Labute approximate surface area is 149 Å². The maximum Gasteiger partial charge on any atom is 0.328 e. The number of carbonyl (C=O) groups excluding carboxylic acids is 2. The first-order valence-electron chi connectivity index (χ1n) is 8.56. The van der Waals surface area contributed by atoms with Gasteiger partial charge in [-0.25, -0.2) is 0 Å². The van der Waals surface area contributed by atoms with Crippen molar-refractivity contribution in [2.45, 2.75) is 59.8 Å². The fourth-order valence-electron chi connectivity index (χ4n) is 2.45. The minimum atomic E-state index is -1.26. The van der Waals surface area contributed by atoms with E-state index in [1.165, 1.54) is 0 Å². The first kappa shape index (κ1) is 20.5. The molecular formula is C19H27ClO4. The number of ether oxygens (including phenoxy) is 2. The lowest BCUT2D eigenvalue weighted by Crippen LogP contribution is -2.42. The molecule has 0 heterocycles. The molecule has 0 saturated carbocycles. The Morgan fingerprint density at radius 3 is 2.29 bits per heavy atom. The summed E-state index contributed by atoms with van der Waals surface area (Å²) in [6.07, 6.45) is 3.51. The highest BCUT2D eigenvalue weighted by Crippen LogP contribution is 2.32. The van der Waals surface area contributed by atoms with E-state index in [1.54, 1.807) is 32.0 Å². The highest BCUT2D eigenvalue weighted by Gasteiger charge is 2.46. The third-order valence-corrected chi connectivity index (χ3v) is 4.73. The molecule has 134 valence electrons. The van der Waals surface area contributed by atoms with Gasteiger partial charge in [0, 0.05) is 5.02 Å². The number of aryl methyl sites for hydroxylation is 1. The van der Waals surface area contributed by atoms with Crippen LogP contribution < -0.4 is 4.74 Å². The Balaban J connectivity index is 2.85. The van der Waals surface area contributed by atoms with Crippen LogP contribution in [-0.4, -0.2) is 18.5 Å². The van der Waals surface area contributed by atoms with E-state index in [9.17, 15) is 9.59 Å². The highest BCUT2D eigenvalue weighted by atomic mass is 35.5. The molecule has 24 heavy (non-hydrogen) atoms. The van der Waals surface area contributed by atoms with E-state index in [1.807, 2.05) is 6.92 Å². The number of hydrogen-bond acceptors (Lipinski definition) is 4. The van der Waals surface area contributed by atoms with Gasteiger partial charge in [0.05, 0.1) is 6.61 Å². The number of benzene rings is 1. The highest BCUT2D eigenvalue weighted by molar-refractivity contribution is 6.31. The van der Waals surface area contributed by atoms with E-state index in [0.717, 1.165) is 24.8 Å². The maximum absolute atomic E-state index is 12.7. The molecule has 0 amide bonds. The Kier molecular flexibility index (Phi) is 8.26. The van der Waals surface area contributed by atoms with Crippen molar-refractivity contribution in [3.05, 3.63) is 28.8 Å². The minimum Gasteiger partial charge on any atom is -0.465 e. The van der Waals surface area contributed by atoms with Crippen molar-refractivity contribution in [3.63, 3.8) is 0 Å². The van der Waals surface area contributed by atoms with Gasteiger partial charge in [0.1, 0.15) is 5.75 Å². The second-order valence-corrected chi connectivity index (χ2v) is 6.34. The monoisotopic (exact) mass is 354 g/mol. The molecule has 0 aromatic heterocycles. The molecule has 0 bridgehead atoms. The average molecular weight is 355 g/mol. The Morgan fingerprint density at radius 2 is 1.75 bits per heavy atom. The van der Waals surface area contributed by atoms with Crippen LogP contribution in [0.2, 0.25) is 5.02 Å². The van der Waals surface area contributed by atoms with Gasteiger partial charge >= 0.3 is 11.9 Å². The summed E-state index contributed by atoms with van der Waals surface area (Å²) < 4.78 is 10.8. The van der Waals surface area contributed by atoms with Crippen LogP contribution in [0, 0.1) is 12.3 Å². The summed E-state index contributed by atoms with van der Waals surface area (Å²) >= 11 is 5.98. The minimum absolute atomic E-state index is 0.335. The molecule has 0 aliphatic carbocycles. The molecule has 5 heteroatoms. The van der Waals surface area contributed by atoms with Gasteiger partial charge in [-0.2, -0.15) is 0 Å². The average Bonchev–Trinajstić information content (AvgIpc) is 2.56. The molecule has 0 spiro atoms. The normalized spacial score (nSPS) is 11.2. The van der Waals surface area contributed by atoms with Crippen LogP contribution in [0.3, 0.4) is 0 Å². The lowest BCUT2D eigenvalue weighted by Gasteiger charge is -2.26. The first-order valence-corrected chi connectivity index (χ1v) is 8.94. The van der Waals surface area contributed by atoms with E-state index < -0.39 is 17.4 Å². The van der Waals surface area contributed by atoms with Gasteiger partial charge in [0.25, 0.3) is 0 Å². The molecule has 0 aliphatic heterocycles. The predicted octanol–water partition coefficient (Wildman–Crippen LogP) is 5.09. The molecule has 1 aromatic carbocycles. The van der Waals surface area contributed by atoms with Crippen molar-refractivity contribution in [1.29, 1.82) is 0 Å². The molecule has 0 aliphatic rings. The maximum atomic E-state index is 12.7. The Bertz CT molecular complexity index is 564. The van der Waals surface area contributed by atoms with Crippen LogP contribution in [0.15, 0.2) is 18.2 Å². The zero-order valence-electron chi connectivity index (χ0n) is 15.0. The number of halogens is 1. The van der Waals surface area contributed by atoms with E-state index in [-0.39, 0.29) is 0 Å². The Hall–Kier alpha value is -1.55. The van der Waals surface area contributed by atoms with Gasteiger partial charge in [-0.1, -0.05) is 45.2 Å². The van der Waals surface area contributed by atoms with Crippen molar-refractivity contribution in [2.24, 2.45) is 5.41 Å². The van der Waals surface area contributed by atoms with Crippen molar-refractivity contribution < 1.29 is 19.1 Å². The van der Waals surface area contributed by atoms with Crippen molar-refractivity contribution >= 4 is 23.5 Å². The summed E-state index contributed by atoms with van der Waals surface area (Å²) in [6.45, 7) is 7.84. The quantitative estimate of drug-likeness (QED) is 0.268. The second-order valence-electron chi connectivity index (χ2n) is 5.93. The topological polar surface area (TPSA) is 52.6 Å². The second kappa shape index (κ2) is 9.67. The van der Waals surface area contributed by atoms with Crippen LogP contribution >= 0.6 is 11.6 Å². The van der Waals surface area contributed by atoms with Crippen LogP contribution in [0.4, 0.5) is 0 Å². The summed E-state index contributed by atoms with van der Waals surface area (Å²) in [5.41, 5.74) is -0.456. The van der Waals surface area contributed by atoms with Crippen molar-refractivity contribution in [2.75, 3.05) is 6.61 Å². The van der Waals surface area contributed by atoms with Crippen LogP contribution in [0.25, 0.3) is 0 Å². The predicted molar refractivity (Wildman–Crippen MR) is 95.3 cm³/mol. The molecule has 1 rings (SSSR count). The zero-order chi connectivity index (χ0) is 18.2. The number of hydrogen-bond donors (Lipinski definition) is 0. The lowest BCUT2D eigenvalue weighted by atomic mass is 9.82. The molecule has 4 nitrogen and oxygen atoms in total. The van der Waals surface area contributed by atoms with Crippen LogP contribution in [0.5, 0.6) is 5.75 Å². The summed E-state index contributed by atoms with van der Waals surface area (Å²) in [7, 11) is 0. The largest absolute Gasteiger partial charge is 0.465 e. The standard InChI is InChI=1S/C19H27ClO4/c1-5-8-9-12-23-17(21)19(6-2,7-3)18(22)24-15-10-11-16(20)14(4)13-15/h10-11,13H,5-9,12H2,1-4H3. The third-order valence-electron chi connectivity index (χ3n) is 4.31. The van der Waals surface area contributed by atoms with Gasteiger partial charge in [0.15, 0.2) is 5.41 Å². The summed E-state index contributed by atoms with van der Waals surface area (Å²) in [5, 5.41) is 0.599. The number of unbranched alkanes of at least 4 members (excludes halogenated alkanes) is 2. The smallest absolute Gasteiger partial charge is 0.328 e. The summed E-state index contributed by atoms with van der Waals surface area (Å²) in [6, 6.07) is 4.97. The number of rotatable bonds is 9. The lowest BCUT2D eigenvalue weighted by molar-refractivity contribution is -0.168. The molecule has 0 unspecified atom stereocenters. The summed E-state index contributed by atoms with van der Waals surface area (Å²) in [5.74, 6) is -0.694. The van der Waals surface area contributed by atoms with Crippen LogP contribution in [0.1, 0.15) is 58.4 Å². The van der Waals surface area contributed by atoms with Gasteiger partial charge in [-0.05, 0) is 49.9 Å². The van der Waals surface area contributed by atoms with Gasteiger partial charge in [-0.15, -0.1) is 0 Å². The van der Waals surface area contributed by atoms with E-state index in [0.29, 0.717) is 30.2 Å². The SMILES string of the molecule is CCCCCOC(=O)C(CC)(CC)C(=O)Oc1ccc(Cl)c(C)c1. The van der Waals surface area contributed by atoms with Crippen molar-refractivity contribution in [1.82, 2.24) is 0 Å². The fourth-order valence-corrected chi connectivity index (χ4v) is 2.57. The molecule has 0 fully saturated rings. The van der Waals surface area contributed by atoms with E-state index in [4.69, 9.17) is 21.1 Å². The number of carbonyl (C=O) groups is 2. The molecule has 0 N–H and O–H groups in total. The van der Waals surface area contributed by atoms with Crippen LogP contribution in [-0.2, 0) is 14.3 Å². The molecule has 0 saturated heterocycles. The van der Waals surface area contributed by atoms with E-state index >= 15 is 0 Å². The molecular weight excluding hydrogens is 328 g/mol. The fraction of sp³-hybridized carbons (Fsp3) is 0.579. The van der Waals surface area contributed by atoms with Gasteiger partial charge < -0.3 is 9.47 Å². The zero-order valence-corrected chi connectivity index (χ0v) is 15.7. The molecule has 1 aromatic rings. The van der Waals surface area contributed by atoms with Gasteiger partial charge in [0.2, 0.25) is 0 Å². The van der Waals surface area contributed by atoms with E-state index in [2.05, 4.69) is 6.92 Å². The molecule has 0 radical (unpaired) electrons.